The molecule has 0 aliphatic heterocycles. The fourth-order valence-electron chi connectivity index (χ4n) is 3.41. The second kappa shape index (κ2) is 9.84. The van der Waals surface area contributed by atoms with Crippen LogP contribution in [0.1, 0.15) is 34.5 Å². The van der Waals surface area contributed by atoms with E-state index in [9.17, 15) is 18.0 Å². The maximum atomic E-state index is 13.0. The largest absolute Gasteiger partial charge is 0.482 e. The van der Waals surface area contributed by atoms with Gasteiger partial charge in [-0.25, -0.2) is 4.98 Å². The summed E-state index contributed by atoms with van der Waals surface area (Å²) in [5.41, 5.74) is 7.80. The lowest BCUT2D eigenvalue weighted by molar-refractivity contribution is -0.137. The van der Waals surface area contributed by atoms with Gasteiger partial charge in [0, 0.05) is 41.0 Å². The lowest BCUT2D eigenvalue weighted by Gasteiger charge is -2.18. The van der Waals surface area contributed by atoms with Crippen LogP contribution in [0.3, 0.4) is 0 Å². The minimum absolute atomic E-state index is 0.0967. The van der Waals surface area contributed by atoms with Crippen molar-refractivity contribution in [3.8, 4) is 16.9 Å². The molecule has 0 fully saturated rings. The fourth-order valence-corrected chi connectivity index (χ4v) is 3.41. The summed E-state index contributed by atoms with van der Waals surface area (Å²) in [6, 6.07) is 16.6. The van der Waals surface area contributed by atoms with E-state index in [1.54, 1.807) is 48.9 Å². The molecule has 0 aliphatic carbocycles. The topological polar surface area (TPSA) is 90.1 Å². The van der Waals surface area contributed by atoms with Crippen LogP contribution in [-0.2, 0) is 6.18 Å². The van der Waals surface area contributed by atoms with Gasteiger partial charge in [-0.3, -0.25) is 9.78 Å². The first-order valence-electron chi connectivity index (χ1n) is 10.6. The van der Waals surface area contributed by atoms with Crippen molar-refractivity contribution >= 4 is 17.4 Å². The van der Waals surface area contributed by atoms with Crippen LogP contribution in [0, 0.1) is 0 Å². The molecule has 6 nitrogen and oxygen atoms in total. The number of hydrogen-bond donors (Lipinski definition) is 2. The Morgan fingerprint density at radius 3 is 2.54 bits per heavy atom. The summed E-state index contributed by atoms with van der Waals surface area (Å²) in [4.78, 5) is 20.9. The SMILES string of the molecule is CC(Oc1cc(-c2cccnc2)cnc1N)c1cccc(NC(=O)c2cccc(C(F)(F)F)c2)c1. The van der Waals surface area contributed by atoms with Crippen LogP contribution in [0.25, 0.3) is 11.1 Å². The van der Waals surface area contributed by atoms with Crippen LogP contribution in [0.2, 0.25) is 0 Å². The van der Waals surface area contributed by atoms with Gasteiger partial charge in [-0.2, -0.15) is 13.2 Å². The second-order valence-electron chi connectivity index (χ2n) is 7.77. The Morgan fingerprint density at radius 1 is 1.00 bits per heavy atom. The molecule has 9 heteroatoms. The molecule has 1 amide bonds. The van der Waals surface area contributed by atoms with E-state index in [1.807, 2.05) is 19.1 Å². The van der Waals surface area contributed by atoms with Gasteiger partial charge in [0.2, 0.25) is 0 Å². The third-order valence-corrected chi connectivity index (χ3v) is 5.25. The first-order valence-corrected chi connectivity index (χ1v) is 10.6. The van der Waals surface area contributed by atoms with Crippen LogP contribution in [0.5, 0.6) is 5.75 Å². The highest BCUT2D eigenvalue weighted by Crippen LogP contribution is 2.32. The first-order chi connectivity index (χ1) is 16.7. The summed E-state index contributed by atoms with van der Waals surface area (Å²) in [6.45, 7) is 1.81. The molecule has 0 spiro atoms. The highest BCUT2D eigenvalue weighted by atomic mass is 19.4. The zero-order valence-electron chi connectivity index (χ0n) is 18.6. The number of amides is 1. The zero-order chi connectivity index (χ0) is 25.0. The first kappa shape index (κ1) is 23.7. The number of nitrogen functional groups attached to an aromatic ring is 1. The standard InChI is InChI=1S/C26H21F3N4O2/c1-16(35-23-13-20(15-32-24(23)30)19-7-4-10-31-14-19)17-5-3-9-22(12-17)33-25(34)18-6-2-8-21(11-18)26(27,28)29/h2-16H,1H3,(H2,30,32)(H,33,34). The van der Waals surface area contributed by atoms with Gasteiger partial charge in [0.05, 0.1) is 5.56 Å². The van der Waals surface area contributed by atoms with E-state index in [1.165, 1.54) is 12.1 Å². The van der Waals surface area contributed by atoms with Crippen molar-refractivity contribution in [3.05, 3.63) is 102 Å². The lowest BCUT2D eigenvalue weighted by atomic mass is 10.1. The van der Waals surface area contributed by atoms with Crippen molar-refractivity contribution in [3.63, 3.8) is 0 Å². The summed E-state index contributed by atoms with van der Waals surface area (Å²) in [7, 11) is 0. The summed E-state index contributed by atoms with van der Waals surface area (Å²) < 4.78 is 44.9. The molecule has 1 atom stereocenters. The zero-order valence-corrected chi connectivity index (χ0v) is 18.6. The van der Waals surface area contributed by atoms with Crippen molar-refractivity contribution in [2.45, 2.75) is 19.2 Å². The van der Waals surface area contributed by atoms with Gasteiger partial charge in [-0.15, -0.1) is 0 Å². The number of nitrogens with one attached hydrogen (secondary N) is 1. The van der Waals surface area contributed by atoms with Gasteiger partial charge in [0.1, 0.15) is 6.10 Å². The third kappa shape index (κ3) is 5.75. The third-order valence-electron chi connectivity index (χ3n) is 5.25. The molecule has 3 N–H and O–H groups in total. The molecule has 0 saturated heterocycles. The molecule has 0 saturated carbocycles. The molecular weight excluding hydrogens is 457 g/mol. The van der Waals surface area contributed by atoms with Crippen LogP contribution < -0.4 is 15.8 Å². The molecular formula is C26H21F3N4O2. The second-order valence-corrected chi connectivity index (χ2v) is 7.77. The predicted molar refractivity (Wildman–Crippen MR) is 127 cm³/mol. The quantitative estimate of drug-likeness (QED) is 0.348. The molecule has 0 aliphatic rings. The van der Waals surface area contributed by atoms with Crippen molar-refractivity contribution in [2.24, 2.45) is 0 Å². The van der Waals surface area contributed by atoms with E-state index in [-0.39, 0.29) is 11.4 Å². The number of benzene rings is 2. The van der Waals surface area contributed by atoms with Crippen LogP contribution in [0.4, 0.5) is 24.7 Å². The Morgan fingerprint density at radius 2 is 1.80 bits per heavy atom. The van der Waals surface area contributed by atoms with E-state index >= 15 is 0 Å². The summed E-state index contributed by atoms with van der Waals surface area (Å²) in [5.74, 6) is -0.0461. The number of nitrogens with two attached hydrogens (primary N) is 1. The number of alkyl halides is 3. The maximum Gasteiger partial charge on any atom is 0.416 e. The molecule has 2 aromatic heterocycles. The van der Waals surface area contributed by atoms with Crippen LogP contribution in [0.15, 0.2) is 85.3 Å². The smallest absolute Gasteiger partial charge is 0.416 e. The maximum absolute atomic E-state index is 13.0. The van der Waals surface area contributed by atoms with E-state index in [2.05, 4.69) is 15.3 Å². The van der Waals surface area contributed by atoms with Crippen molar-refractivity contribution in [1.29, 1.82) is 0 Å². The molecule has 1 unspecified atom stereocenters. The van der Waals surface area contributed by atoms with Crippen molar-refractivity contribution in [1.82, 2.24) is 9.97 Å². The number of rotatable bonds is 6. The Bertz CT molecular complexity index is 1340. The lowest BCUT2D eigenvalue weighted by Crippen LogP contribution is -2.14. The highest BCUT2D eigenvalue weighted by Gasteiger charge is 2.30. The average molecular weight is 478 g/mol. The van der Waals surface area contributed by atoms with E-state index in [0.717, 1.165) is 28.8 Å². The Balaban J connectivity index is 1.50. The molecule has 0 radical (unpaired) electrons. The van der Waals surface area contributed by atoms with Gasteiger partial charge < -0.3 is 15.8 Å². The molecule has 2 aromatic carbocycles. The number of aromatic nitrogens is 2. The number of anilines is 2. The van der Waals surface area contributed by atoms with Crippen LogP contribution in [-0.4, -0.2) is 15.9 Å². The van der Waals surface area contributed by atoms with Gasteiger partial charge in [-0.1, -0.05) is 24.3 Å². The van der Waals surface area contributed by atoms with E-state index in [4.69, 9.17) is 10.5 Å². The number of nitrogens with zero attached hydrogens (tertiary/aromatic N) is 2. The summed E-state index contributed by atoms with van der Waals surface area (Å²) in [6.07, 6.45) is 0.0133. The number of halogens is 3. The number of hydrogen-bond acceptors (Lipinski definition) is 5. The molecule has 35 heavy (non-hydrogen) atoms. The molecule has 4 rings (SSSR count). The van der Waals surface area contributed by atoms with Gasteiger partial charge in [0.15, 0.2) is 11.6 Å². The molecule has 2 heterocycles. The summed E-state index contributed by atoms with van der Waals surface area (Å²) in [5, 5.41) is 2.63. The molecule has 0 bridgehead atoms. The van der Waals surface area contributed by atoms with E-state index in [0.29, 0.717) is 11.4 Å². The number of pyridine rings is 2. The molecule has 178 valence electrons. The Labute approximate surface area is 199 Å². The number of ether oxygens (including phenoxy) is 1. The van der Waals surface area contributed by atoms with Gasteiger partial charge in [0.25, 0.3) is 5.91 Å². The van der Waals surface area contributed by atoms with Crippen molar-refractivity contribution < 1.29 is 22.7 Å². The average Bonchev–Trinajstić information content (AvgIpc) is 2.85. The minimum Gasteiger partial charge on any atom is -0.482 e. The normalized spacial score (nSPS) is 12.1. The minimum atomic E-state index is -4.53. The molecule has 4 aromatic rings. The van der Waals surface area contributed by atoms with Crippen LogP contribution >= 0.6 is 0 Å². The highest BCUT2D eigenvalue weighted by molar-refractivity contribution is 6.04. The van der Waals surface area contributed by atoms with Gasteiger partial charge in [-0.05, 0) is 55.0 Å². The number of carbonyl (C=O) groups excluding carboxylic acids is 1. The predicted octanol–water partition coefficient (Wildman–Crippen LogP) is 6.14. The fraction of sp³-hybridized carbons (Fsp3) is 0.115. The van der Waals surface area contributed by atoms with Crippen molar-refractivity contribution in [2.75, 3.05) is 11.1 Å². The van der Waals surface area contributed by atoms with E-state index < -0.39 is 23.8 Å². The Hall–Kier alpha value is -4.40. The summed E-state index contributed by atoms with van der Waals surface area (Å²) >= 11 is 0. The Kier molecular flexibility index (Phi) is 6.68. The monoisotopic (exact) mass is 478 g/mol. The van der Waals surface area contributed by atoms with Gasteiger partial charge >= 0.3 is 6.18 Å². The number of carbonyl (C=O) groups is 1.